The van der Waals surface area contributed by atoms with Crippen LogP contribution in [0, 0.1) is 11.8 Å². The number of hydrogen-bond acceptors (Lipinski definition) is 2. The minimum atomic E-state index is -1.65. The van der Waals surface area contributed by atoms with E-state index in [2.05, 4.69) is 11.8 Å². The molecule has 0 bridgehead atoms. The quantitative estimate of drug-likeness (QED) is 0.619. The van der Waals surface area contributed by atoms with Gasteiger partial charge in [0.15, 0.2) is 0 Å². The van der Waals surface area contributed by atoms with Crippen molar-refractivity contribution in [2.75, 3.05) is 20.6 Å². The first-order valence-corrected chi connectivity index (χ1v) is 4.82. The fourth-order valence-electron chi connectivity index (χ4n) is 0.499. The van der Waals surface area contributed by atoms with Crippen molar-refractivity contribution in [3.63, 3.8) is 0 Å². The summed E-state index contributed by atoms with van der Waals surface area (Å²) in [6.07, 6.45) is -0.864. The number of aliphatic hydroxyl groups excluding tert-OH is 1. The zero-order valence-corrected chi connectivity index (χ0v) is 11.0. The van der Waals surface area contributed by atoms with Gasteiger partial charge in [-0.05, 0) is 14.1 Å². The monoisotopic (exact) mass is 279 g/mol. The van der Waals surface area contributed by atoms with Gasteiger partial charge in [0.1, 0.15) is 6.10 Å². The molecule has 0 saturated carbocycles. The maximum atomic E-state index is 9.24. The maximum absolute atomic E-state index is 9.24. The summed E-state index contributed by atoms with van der Waals surface area (Å²) in [7, 11) is 3.81. The second kappa shape index (κ2) is 7.87. The maximum Gasteiger partial charge on any atom is 0.216 e. The van der Waals surface area contributed by atoms with E-state index >= 15 is 0 Å². The lowest BCUT2D eigenvalue weighted by Gasteiger charge is -2.15. The molecule has 2 nitrogen and oxygen atoms in total. The molecule has 0 saturated heterocycles. The van der Waals surface area contributed by atoms with Crippen molar-refractivity contribution in [2.24, 2.45) is 0 Å². The van der Waals surface area contributed by atoms with Crippen molar-refractivity contribution in [1.29, 1.82) is 0 Å². The Morgan fingerprint density at radius 1 is 1.29 bits per heavy atom. The lowest BCUT2D eigenvalue weighted by atomic mass is 10.3. The highest BCUT2D eigenvalue weighted by Gasteiger charge is 2.29. The van der Waals surface area contributed by atoms with Gasteiger partial charge < -0.3 is 5.11 Å². The molecule has 6 heteroatoms. The van der Waals surface area contributed by atoms with Gasteiger partial charge in [-0.25, -0.2) is 0 Å². The third kappa shape index (κ3) is 9.21. The third-order valence-corrected chi connectivity index (χ3v) is 1.95. The molecule has 0 heterocycles. The number of rotatable bonds is 2. The Bertz CT molecular complexity index is 204. The predicted octanol–water partition coefficient (Wildman–Crippen LogP) is 2.09. The predicted molar refractivity (Wildman–Crippen MR) is 64.5 cm³/mol. The fraction of sp³-hybridized carbons (Fsp3) is 0.750. The molecule has 0 spiro atoms. The van der Waals surface area contributed by atoms with Crippen LogP contribution in [0.4, 0.5) is 0 Å². The molecule has 0 fully saturated rings. The lowest BCUT2D eigenvalue weighted by molar-refractivity contribution is 0.184. The van der Waals surface area contributed by atoms with Crippen molar-refractivity contribution < 1.29 is 5.11 Å². The highest BCUT2D eigenvalue weighted by Crippen LogP contribution is 2.31. The van der Waals surface area contributed by atoms with Gasteiger partial charge in [0, 0.05) is 6.42 Å². The fourth-order valence-corrected chi connectivity index (χ4v) is 0.730. The first-order valence-electron chi connectivity index (χ1n) is 3.69. The second-order valence-electron chi connectivity index (χ2n) is 2.85. The van der Waals surface area contributed by atoms with Crippen LogP contribution in [0.3, 0.4) is 0 Å². The average Bonchev–Trinajstić information content (AvgIpc) is 1.95. The van der Waals surface area contributed by atoms with E-state index < -0.39 is 9.90 Å². The highest BCUT2D eigenvalue weighted by molar-refractivity contribution is 6.68. The van der Waals surface area contributed by atoms with Crippen molar-refractivity contribution in [3.8, 4) is 11.8 Å². The zero-order valence-electron chi connectivity index (χ0n) is 7.93. The van der Waals surface area contributed by atoms with Crippen LogP contribution >= 0.6 is 47.2 Å². The van der Waals surface area contributed by atoms with Crippen LogP contribution in [-0.4, -0.2) is 40.5 Å². The summed E-state index contributed by atoms with van der Waals surface area (Å²) < 4.78 is -1.65. The number of alkyl halides is 3. The Balaban J connectivity index is 0. The Labute approximate surface area is 106 Å². The summed E-state index contributed by atoms with van der Waals surface area (Å²) in [5.41, 5.74) is 0. The number of nitrogens with zero attached hydrogens (tertiary/aromatic N) is 1. The smallest absolute Gasteiger partial charge is 0.216 e. The molecule has 1 atom stereocenters. The van der Waals surface area contributed by atoms with E-state index in [9.17, 15) is 5.11 Å². The molecule has 0 aliphatic heterocycles. The van der Waals surface area contributed by atoms with Crippen molar-refractivity contribution in [2.45, 2.75) is 16.3 Å². The summed E-state index contributed by atoms with van der Waals surface area (Å²) in [5, 5.41) is 9.24. The van der Waals surface area contributed by atoms with Gasteiger partial charge >= 0.3 is 0 Å². The van der Waals surface area contributed by atoms with E-state index in [1.807, 2.05) is 19.0 Å². The molecule has 1 N–H and O–H groups in total. The van der Waals surface area contributed by atoms with Crippen molar-refractivity contribution >= 4 is 47.2 Å². The average molecular weight is 281 g/mol. The van der Waals surface area contributed by atoms with E-state index in [-0.39, 0.29) is 18.8 Å². The molecule has 14 heavy (non-hydrogen) atoms. The van der Waals surface area contributed by atoms with Gasteiger partial charge in [-0.15, -0.1) is 12.4 Å². The third-order valence-electron chi connectivity index (χ3n) is 1.19. The van der Waals surface area contributed by atoms with Crippen molar-refractivity contribution in [1.82, 2.24) is 4.90 Å². The Morgan fingerprint density at radius 2 is 1.79 bits per heavy atom. The summed E-state index contributed by atoms with van der Waals surface area (Å²) in [4.78, 5) is 1.91. The van der Waals surface area contributed by atoms with E-state index in [1.54, 1.807) is 0 Å². The Morgan fingerprint density at radius 3 is 2.14 bits per heavy atom. The molecule has 0 aromatic heterocycles. The van der Waals surface area contributed by atoms with E-state index in [4.69, 9.17) is 34.8 Å². The van der Waals surface area contributed by atoms with Crippen LogP contribution in [-0.2, 0) is 0 Å². The molecule has 84 valence electrons. The second-order valence-corrected chi connectivity index (χ2v) is 5.22. The van der Waals surface area contributed by atoms with Gasteiger partial charge in [-0.2, -0.15) is 0 Å². The van der Waals surface area contributed by atoms with E-state index in [0.29, 0.717) is 6.54 Å². The number of halogens is 4. The molecule has 0 aliphatic carbocycles. The lowest BCUT2D eigenvalue weighted by Crippen LogP contribution is -2.24. The minimum Gasteiger partial charge on any atom is -0.388 e. The molecular weight excluding hydrogens is 268 g/mol. The largest absolute Gasteiger partial charge is 0.388 e. The topological polar surface area (TPSA) is 23.5 Å². The van der Waals surface area contributed by atoms with Gasteiger partial charge in [0.2, 0.25) is 3.79 Å². The SMILES string of the molecule is CN(C)CC#CCC(O)C(Cl)(Cl)Cl.Cl. The van der Waals surface area contributed by atoms with Crippen molar-refractivity contribution in [3.05, 3.63) is 0 Å². The Kier molecular flexibility index (Phi) is 9.58. The normalized spacial score (nSPS) is 12.8. The van der Waals surface area contributed by atoms with Gasteiger partial charge in [0.05, 0.1) is 6.54 Å². The molecule has 0 aromatic rings. The molecule has 1 unspecified atom stereocenters. The first-order chi connectivity index (χ1) is 5.84. The number of aliphatic hydroxyl groups is 1. The van der Waals surface area contributed by atoms with Crippen LogP contribution < -0.4 is 0 Å². The molecule has 0 rings (SSSR count). The summed E-state index contributed by atoms with van der Waals surface area (Å²) in [6.45, 7) is 0.632. The van der Waals surface area contributed by atoms with Crippen LogP contribution in [0.15, 0.2) is 0 Å². The zero-order chi connectivity index (χ0) is 10.5. The molecule has 0 aliphatic rings. The molecule has 0 aromatic carbocycles. The van der Waals surface area contributed by atoms with Gasteiger partial charge in [-0.1, -0.05) is 46.6 Å². The van der Waals surface area contributed by atoms with E-state index in [0.717, 1.165) is 0 Å². The molecule has 0 amide bonds. The van der Waals surface area contributed by atoms with Crippen LogP contribution in [0.2, 0.25) is 0 Å². The van der Waals surface area contributed by atoms with Crippen LogP contribution in [0.25, 0.3) is 0 Å². The van der Waals surface area contributed by atoms with Gasteiger partial charge in [-0.3, -0.25) is 4.90 Å². The standard InChI is InChI=1S/C8H12Cl3NO.ClH/c1-12(2)6-4-3-5-7(13)8(9,10)11;/h7,13H,5-6H2,1-2H3;1H. The highest BCUT2D eigenvalue weighted by atomic mass is 35.6. The molecular formula is C8H13Cl4NO. The van der Waals surface area contributed by atoms with Crippen LogP contribution in [0.1, 0.15) is 6.42 Å². The van der Waals surface area contributed by atoms with Gasteiger partial charge in [0.25, 0.3) is 0 Å². The van der Waals surface area contributed by atoms with E-state index in [1.165, 1.54) is 0 Å². The number of hydrogen-bond donors (Lipinski definition) is 1. The first kappa shape index (κ1) is 17.0. The Hall–Kier alpha value is 0.640. The molecule has 0 radical (unpaired) electrons. The summed E-state index contributed by atoms with van der Waals surface area (Å²) in [5.74, 6) is 5.56. The summed E-state index contributed by atoms with van der Waals surface area (Å²) >= 11 is 16.3. The minimum absolute atomic E-state index is 0. The van der Waals surface area contributed by atoms with Crippen LogP contribution in [0.5, 0.6) is 0 Å². The summed E-state index contributed by atoms with van der Waals surface area (Å²) in [6, 6.07) is 0.